The van der Waals surface area contributed by atoms with Crippen LogP contribution in [-0.4, -0.2) is 42.5 Å². The molecular weight excluding hydrogens is 202 g/mol. The van der Waals surface area contributed by atoms with E-state index in [1.54, 1.807) is 0 Å². The van der Waals surface area contributed by atoms with Crippen molar-refractivity contribution in [1.29, 1.82) is 0 Å². The third-order valence-electron chi connectivity index (χ3n) is 3.03. The van der Waals surface area contributed by atoms with Crippen molar-refractivity contribution in [3.63, 3.8) is 0 Å². The summed E-state index contributed by atoms with van der Waals surface area (Å²) in [4.78, 5) is 13.8. The molecule has 0 aromatic heterocycles. The zero-order chi connectivity index (χ0) is 12.6. The van der Waals surface area contributed by atoms with Crippen LogP contribution in [0, 0.1) is 0 Å². The Hall–Kier alpha value is -0.610. The Kier molecular flexibility index (Phi) is 7.34. The van der Waals surface area contributed by atoms with Crippen LogP contribution in [-0.2, 0) is 4.79 Å². The first kappa shape index (κ1) is 15.4. The van der Waals surface area contributed by atoms with Crippen LogP contribution >= 0.6 is 0 Å². The predicted octanol–water partition coefficient (Wildman–Crippen LogP) is 0.962. The average Bonchev–Trinajstić information content (AvgIpc) is 2.24. The van der Waals surface area contributed by atoms with Crippen LogP contribution in [0.25, 0.3) is 0 Å². The van der Waals surface area contributed by atoms with Crippen molar-refractivity contribution in [2.24, 2.45) is 5.73 Å². The molecule has 4 heteroatoms. The van der Waals surface area contributed by atoms with E-state index in [9.17, 15) is 4.79 Å². The molecule has 96 valence electrons. The second-order valence-corrected chi connectivity index (χ2v) is 4.41. The van der Waals surface area contributed by atoms with Gasteiger partial charge in [-0.3, -0.25) is 4.79 Å². The standard InChI is InChI=1S/C12H27N3O/c1-5-9-15(7-3)10-8-12(4,11(13)16)14-6-2/h14H,5-10H2,1-4H3,(H2,13,16). The number of amides is 1. The van der Waals surface area contributed by atoms with E-state index in [1.807, 2.05) is 13.8 Å². The molecule has 0 aliphatic heterocycles. The van der Waals surface area contributed by atoms with E-state index >= 15 is 0 Å². The smallest absolute Gasteiger partial charge is 0.237 e. The van der Waals surface area contributed by atoms with Crippen molar-refractivity contribution < 1.29 is 4.79 Å². The molecule has 0 fully saturated rings. The molecule has 4 nitrogen and oxygen atoms in total. The van der Waals surface area contributed by atoms with Crippen molar-refractivity contribution in [3.8, 4) is 0 Å². The lowest BCUT2D eigenvalue weighted by Crippen LogP contribution is -2.54. The van der Waals surface area contributed by atoms with E-state index in [2.05, 4.69) is 24.1 Å². The zero-order valence-corrected chi connectivity index (χ0v) is 11.2. The van der Waals surface area contributed by atoms with Crippen molar-refractivity contribution in [3.05, 3.63) is 0 Å². The van der Waals surface area contributed by atoms with Crippen LogP contribution < -0.4 is 11.1 Å². The first-order valence-electron chi connectivity index (χ1n) is 6.27. The summed E-state index contributed by atoms with van der Waals surface area (Å²) in [7, 11) is 0. The van der Waals surface area contributed by atoms with Gasteiger partial charge in [-0.25, -0.2) is 0 Å². The highest BCUT2D eigenvalue weighted by Crippen LogP contribution is 2.10. The van der Waals surface area contributed by atoms with E-state index in [4.69, 9.17) is 5.73 Å². The molecule has 0 spiro atoms. The largest absolute Gasteiger partial charge is 0.368 e. The Balaban J connectivity index is 4.24. The third-order valence-corrected chi connectivity index (χ3v) is 3.03. The van der Waals surface area contributed by atoms with Crippen LogP contribution in [0.2, 0.25) is 0 Å². The van der Waals surface area contributed by atoms with Gasteiger partial charge in [-0.1, -0.05) is 20.8 Å². The van der Waals surface area contributed by atoms with E-state index in [-0.39, 0.29) is 5.91 Å². The molecular formula is C12H27N3O. The minimum absolute atomic E-state index is 0.262. The minimum Gasteiger partial charge on any atom is -0.368 e. The molecule has 0 heterocycles. The van der Waals surface area contributed by atoms with Gasteiger partial charge in [0.1, 0.15) is 0 Å². The molecule has 3 N–H and O–H groups in total. The van der Waals surface area contributed by atoms with Gasteiger partial charge in [0.2, 0.25) is 5.91 Å². The van der Waals surface area contributed by atoms with E-state index in [1.165, 1.54) is 0 Å². The third kappa shape index (κ3) is 4.94. The highest BCUT2D eigenvalue weighted by molar-refractivity contribution is 5.84. The van der Waals surface area contributed by atoms with E-state index in [0.717, 1.165) is 39.0 Å². The van der Waals surface area contributed by atoms with Crippen molar-refractivity contribution in [2.45, 2.75) is 46.1 Å². The lowest BCUT2D eigenvalue weighted by Gasteiger charge is -2.30. The highest BCUT2D eigenvalue weighted by Gasteiger charge is 2.29. The number of nitrogens with one attached hydrogen (secondary N) is 1. The average molecular weight is 229 g/mol. The van der Waals surface area contributed by atoms with Crippen LogP contribution in [0.3, 0.4) is 0 Å². The maximum absolute atomic E-state index is 11.4. The maximum Gasteiger partial charge on any atom is 0.237 e. The van der Waals surface area contributed by atoms with Crippen LogP contribution in [0.15, 0.2) is 0 Å². The number of hydrogen-bond donors (Lipinski definition) is 2. The number of primary amides is 1. The van der Waals surface area contributed by atoms with E-state index in [0.29, 0.717) is 0 Å². The highest BCUT2D eigenvalue weighted by atomic mass is 16.1. The van der Waals surface area contributed by atoms with Gasteiger partial charge < -0.3 is 16.0 Å². The Morgan fingerprint density at radius 3 is 2.31 bits per heavy atom. The fourth-order valence-electron chi connectivity index (χ4n) is 1.81. The Bertz CT molecular complexity index is 208. The van der Waals surface area contributed by atoms with Crippen LogP contribution in [0.5, 0.6) is 0 Å². The SMILES string of the molecule is CCCN(CC)CCC(C)(NCC)C(N)=O. The van der Waals surface area contributed by atoms with Gasteiger partial charge in [0.15, 0.2) is 0 Å². The molecule has 0 radical (unpaired) electrons. The summed E-state index contributed by atoms with van der Waals surface area (Å²) in [5.74, 6) is -0.262. The number of carbonyl (C=O) groups is 1. The molecule has 0 saturated carbocycles. The summed E-state index contributed by atoms with van der Waals surface area (Å²) in [6.45, 7) is 12.0. The van der Waals surface area contributed by atoms with Crippen LogP contribution in [0.1, 0.15) is 40.5 Å². The van der Waals surface area contributed by atoms with Crippen molar-refractivity contribution in [1.82, 2.24) is 10.2 Å². The zero-order valence-electron chi connectivity index (χ0n) is 11.2. The summed E-state index contributed by atoms with van der Waals surface area (Å²) in [5.41, 5.74) is 4.87. The maximum atomic E-state index is 11.4. The molecule has 1 unspecified atom stereocenters. The summed E-state index contributed by atoms with van der Waals surface area (Å²) in [6, 6.07) is 0. The molecule has 0 aromatic rings. The van der Waals surface area contributed by atoms with Crippen molar-refractivity contribution in [2.75, 3.05) is 26.2 Å². The van der Waals surface area contributed by atoms with Crippen LogP contribution in [0.4, 0.5) is 0 Å². The molecule has 1 amide bonds. The molecule has 0 rings (SSSR count). The number of hydrogen-bond acceptors (Lipinski definition) is 3. The first-order valence-corrected chi connectivity index (χ1v) is 6.27. The lowest BCUT2D eigenvalue weighted by atomic mass is 9.96. The molecule has 0 saturated heterocycles. The minimum atomic E-state index is -0.574. The number of rotatable bonds is 9. The second kappa shape index (κ2) is 7.63. The summed E-state index contributed by atoms with van der Waals surface area (Å²) < 4.78 is 0. The summed E-state index contributed by atoms with van der Waals surface area (Å²) >= 11 is 0. The van der Waals surface area contributed by atoms with E-state index < -0.39 is 5.54 Å². The van der Waals surface area contributed by atoms with Gasteiger partial charge in [-0.05, 0) is 39.4 Å². The number of nitrogens with zero attached hydrogens (tertiary/aromatic N) is 1. The molecule has 0 aliphatic rings. The molecule has 1 atom stereocenters. The number of likely N-dealkylation sites (N-methyl/N-ethyl adjacent to an activating group) is 1. The molecule has 0 bridgehead atoms. The Labute approximate surface area is 99.6 Å². The number of carbonyl (C=O) groups excluding carboxylic acids is 1. The van der Waals surface area contributed by atoms with Gasteiger partial charge in [0.25, 0.3) is 0 Å². The summed E-state index contributed by atoms with van der Waals surface area (Å²) in [6.07, 6.45) is 1.91. The fourth-order valence-corrected chi connectivity index (χ4v) is 1.81. The quantitative estimate of drug-likeness (QED) is 0.619. The topological polar surface area (TPSA) is 58.4 Å². The van der Waals surface area contributed by atoms with Gasteiger partial charge in [0, 0.05) is 6.54 Å². The van der Waals surface area contributed by atoms with Gasteiger partial charge >= 0.3 is 0 Å². The normalized spacial score (nSPS) is 15.1. The molecule has 0 aromatic carbocycles. The molecule has 16 heavy (non-hydrogen) atoms. The Morgan fingerprint density at radius 2 is 1.94 bits per heavy atom. The fraction of sp³-hybridized carbons (Fsp3) is 0.917. The monoisotopic (exact) mass is 229 g/mol. The Morgan fingerprint density at radius 1 is 1.31 bits per heavy atom. The predicted molar refractivity (Wildman–Crippen MR) is 68.3 cm³/mol. The molecule has 0 aliphatic carbocycles. The second-order valence-electron chi connectivity index (χ2n) is 4.41. The summed E-state index contributed by atoms with van der Waals surface area (Å²) in [5, 5.41) is 3.18. The lowest BCUT2D eigenvalue weighted by molar-refractivity contribution is -0.124. The first-order chi connectivity index (χ1) is 7.50. The van der Waals surface area contributed by atoms with Gasteiger partial charge in [-0.15, -0.1) is 0 Å². The number of nitrogens with two attached hydrogens (primary N) is 1. The van der Waals surface area contributed by atoms with Gasteiger partial charge in [0.05, 0.1) is 5.54 Å². The van der Waals surface area contributed by atoms with Crippen molar-refractivity contribution >= 4 is 5.91 Å². The van der Waals surface area contributed by atoms with Gasteiger partial charge in [-0.2, -0.15) is 0 Å².